The molecule has 1 aromatic rings. The molecule has 0 aliphatic heterocycles. The highest BCUT2D eigenvalue weighted by Gasteiger charge is 2.30. The predicted octanol–water partition coefficient (Wildman–Crippen LogP) is 1.20. The van der Waals surface area contributed by atoms with E-state index in [1.807, 2.05) is 5.38 Å². The van der Waals surface area contributed by atoms with Crippen LogP contribution in [0.4, 0.5) is 4.79 Å². The molecular formula is C11H15N3O3S. The monoisotopic (exact) mass is 269 g/mol. The lowest BCUT2D eigenvalue weighted by Gasteiger charge is -2.12. The molecule has 1 aromatic heterocycles. The van der Waals surface area contributed by atoms with Crippen LogP contribution < -0.4 is 10.6 Å². The van der Waals surface area contributed by atoms with Crippen LogP contribution in [0.3, 0.4) is 0 Å². The van der Waals surface area contributed by atoms with E-state index in [4.69, 9.17) is 5.11 Å². The predicted molar refractivity (Wildman–Crippen MR) is 66.3 cm³/mol. The summed E-state index contributed by atoms with van der Waals surface area (Å²) in [5, 5.41) is 17.1. The van der Waals surface area contributed by atoms with Crippen LogP contribution in [0.2, 0.25) is 0 Å². The molecule has 1 saturated carbocycles. The smallest absolute Gasteiger partial charge is 0.315 e. The van der Waals surface area contributed by atoms with E-state index in [2.05, 4.69) is 15.6 Å². The van der Waals surface area contributed by atoms with E-state index < -0.39 is 5.97 Å². The van der Waals surface area contributed by atoms with Crippen LogP contribution in [0.5, 0.6) is 0 Å². The largest absolute Gasteiger partial charge is 0.481 e. The van der Waals surface area contributed by atoms with Gasteiger partial charge in [-0.2, -0.15) is 0 Å². The van der Waals surface area contributed by atoms with Crippen molar-refractivity contribution in [3.63, 3.8) is 0 Å². The molecule has 6 nitrogen and oxygen atoms in total. The number of thiazole rings is 1. The normalized spacial score (nSPS) is 22.7. The van der Waals surface area contributed by atoms with Gasteiger partial charge in [-0.05, 0) is 19.3 Å². The van der Waals surface area contributed by atoms with Crippen molar-refractivity contribution >= 4 is 23.3 Å². The van der Waals surface area contributed by atoms with E-state index in [-0.39, 0.29) is 18.0 Å². The Kier molecular flexibility index (Phi) is 4.14. The van der Waals surface area contributed by atoms with Gasteiger partial charge >= 0.3 is 12.0 Å². The molecule has 2 rings (SSSR count). The lowest BCUT2D eigenvalue weighted by molar-refractivity contribution is -0.141. The Morgan fingerprint density at radius 2 is 2.33 bits per heavy atom. The van der Waals surface area contributed by atoms with E-state index in [1.54, 1.807) is 6.20 Å². The van der Waals surface area contributed by atoms with Crippen molar-refractivity contribution in [1.29, 1.82) is 0 Å². The highest BCUT2D eigenvalue weighted by Crippen LogP contribution is 2.25. The van der Waals surface area contributed by atoms with E-state index in [9.17, 15) is 9.59 Å². The number of hydrogen-bond donors (Lipinski definition) is 3. The Hall–Kier alpha value is -1.63. The summed E-state index contributed by atoms with van der Waals surface area (Å²) in [7, 11) is 0. The summed E-state index contributed by atoms with van der Waals surface area (Å²) < 4.78 is 0. The first-order valence-electron chi connectivity index (χ1n) is 5.80. The highest BCUT2D eigenvalue weighted by atomic mass is 32.1. The number of amides is 2. The van der Waals surface area contributed by atoms with Crippen LogP contribution >= 0.6 is 11.3 Å². The molecule has 0 radical (unpaired) electrons. The van der Waals surface area contributed by atoms with Crippen molar-refractivity contribution in [2.24, 2.45) is 5.92 Å². The second kappa shape index (κ2) is 5.81. The van der Waals surface area contributed by atoms with Gasteiger partial charge in [-0.1, -0.05) is 0 Å². The molecule has 18 heavy (non-hydrogen) atoms. The van der Waals surface area contributed by atoms with E-state index in [0.29, 0.717) is 19.4 Å². The topological polar surface area (TPSA) is 91.3 Å². The SMILES string of the molecule is O=C(NCc1nccs1)N[C@H]1CC[C@@H](C(=O)O)C1. The number of carbonyl (C=O) groups excluding carboxylic acids is 1. The number of carboxylic acids is 1. The molecule has 7 heteroatoms. The number of nitrogens with zero attached hydrogens (tertiary/aromatic N) is 1. The average molecular weight is 269 g/mol. The van der Waals surface area contributed by atoms with Crippen molar-refractivity contribution in [3.05, 3.63) is 16.6 Å². The Morgan fingerprint density at radius 3 is 2.94 bits per heavy atom. The lowest BCUT2D eigenvalue weighted by atomic mass is 10.1. The fraction of sp³-hybridized carbons (Fsp3) is 0.545. The van der Waals surface area contributed by atoms with Gasteiger partial charge in [0, 0.05) is 17.6 Å². The molecule has 0 saturated heterocycles. The Labute approximate surface area is 108 Å². The van der Waals surface area contributed by atoms with Gasteiger partial charge in [0.15, 0.2) is 0 Å². The van der Waals surface area contributed by atoms with Crippen molar-refractivity contribution in [1.82, 2.24) is 15.6 Å². The van der Waals surface area contributed by atoms with Crippen LogP contribution in [0.1, 0.15) is 24.3 Å². The summed E-state index contributed by atoms with van der Waals surface area (Å²) in [6, 6.07) is -0.302. The van der Waals surface area contributed by atoms with E-state index in [0.717, 1.165) is 11.4 Å². The fourth-order valence-electron chi connectivity index (χ4n) is 2.07. The van der Waals surface area contributed by atoms with E-state index in [1.165, 1.54) is 11.3 Å². The van der Waals surface area contributed by atoms with Gasteiger partial charge in [0.25, 0.3) is 0 Å². The third-order valence-corrected chi connectivity index (χ3v) is 3.78. The molecule has 1 fully saturated rings. The molecule has 0 bridgehead atoms. The molecule has 1 heterocycles. The third-order valence-electron chi connectivity index (χ3n) is 3.00. The maximum atomic E-state index is 11.6. The lowest BCUT2D eigenvalue weighted by Crippen LogP contribution is -2.40. The number of carboxylic acid groups (broad SMARTS) is 1. The van der Waals surface area contributed by atoms with Crippen LogP contribution in [0.25, 0.3) is 0 Å². The average Bonchev–Trinajstić information content (AvgIpc) is 2.96. The number of urea groups is 1. The molecular weight excluding hydrogens is 254 g/mol. The van der Waals surface area contributed by atoms with Crippen molar-refractivity contribution in [2.45, 2.75) is 31.8 Å². The van der Waals surface area contributed by atoms with Crippen LogP contribution in [-0.2, 0) is 11.3 Å². The number of nitrogens with one attached hydrogen (secondary N) is 2. The van der Waals surface area contributed by atoms with Gasteiger partial charge in [0.05, 0.1) is 12.5 Å². The minimum atomic E-state index is -0.775. The van der Waals surface area contributed by atoms with Gasteiger partial charge in [-0.15, -0.1) is 11.3 Å². The van der Waals surface area contributed by atoms with Crippen LogP contribution in [0.15, 0.2) is 11.6 Å². The maximum Gasteiger partial charge on any atom is 0.315 e. The zero-order valence-corrected chi connectivity index (χ0v) is 10.6. The van der Waals surface area contributed by atoms with Gasteiger partial charge < -0.3 is 15.7 Å². The van der Waals surface area contributed by atoms with Gasteiger partial charge in [0.1, 0.15) is 5.01 Å². The molecule has 0 aromatic carbocycles. The molecule has 1 aliphatic rings. The van der Waals surface area contributed by atoms with Gasteiger partial charge in [-0.25, -0.2) is 9.78 Å². The maximum absolute atomic E-state index is 11.6. The summed E-state index contributed by atoms with van der Waals surface area (Å²) in [4.78, 5) is 26.4. The summed E-state index contributed by atoms with van der Waals surface area (Å²) in [6.07, 6.45) is 3.56. The van der Waals surface area contributed by atoms with Crippen molar-refractivity contribution in [3.8, 4) is 0 Å². The Bertz CT molecular complexity index is 421. The van der Waals surface area contributed by atoms with Crippen LogP contribution in [-0.4, -0.2) is 28.1 Å². The van der Waals surface area contributed by atoms with Crippen molar-refractivity contribution in [2.75, 3.05) is 0 Å². The summed E-state index contributed by atoms with van der Waals surface area (Å²) in [6.45, 7) is 0.401. The molecule has 1 aliphatic carbocycles. The van der Waals surface area contributed by atoms with Gasteiger partial charge in [0.2, 0.25) is 0 Å². The Balaban J connectivity index is 1.70. The molecule has 98 valence electrons. The molecule has 0 unspecified atom stereocenters. The number of aliphatic carboxylic acids is 1. The summed E-state index contributed by atoms with van der Waals surface area (Å²) in [5.74, 6) is -1.10. The molecule has 2 amide bonds. The fourth-order valence-corrected chi connectivity index (χ4v) is 2.63. The quantitative estimate of drug-likeness (QED) is 0.765. The minimum Gasteiger partial charge on any atom is -0.481 e. The van der Waals surface area contributed by atoms with E-state index >= 15 is 0 Å². The second-order valence-electron chi connectivity index (χ2n) is 4.30. The number of aromatic nitrogens is 1. The number of rotatable bonds is 4. The highest BCUT2D eigenvalue weighted by molar-refractivity contribution is 7.09. The number of hydrogen-bond acceptors (Lipinski definition) is 4. The van der Waals surface area contributed by atoms with Crippen molar-refractivity contribution < 1.29 is 14.7 Å². The summed E-state index contributed by atoms with van der Waals surface area (Å²) >= 11 is 1.48. The standard InChI is InChI=1S/C11H15N3O3S/c15-10(16)7-1-2-8(5-7)14-11(17)13-6-9-12-3-4-18-9/h3-4,7-8H,1-2,5-6H2,(H,15,16)(H2,13,14,17)/t7-,8+/m1/s1. The second-order valence-corrected chi connectivity index (χ2v) is 5.28. The first-order chi connectivity index (χ1) is 8.65. The minimum absolute atomic E-state index is 0.0394. The molecule has 2 atom stereocenters. The Morgan fingerprint density at radius 1 is 1.50 bits per heavy atom. The zero-order chi connectivity index (χ0) is 13.0. The first-order valence-corrected chi connectivity index (χ1v) is 6.68. The van der Waals surface area contributed by atoms with Crippen LogP contribution in [0, 0.1) is 5.92 Å². The zero-order valence-electron chi connectivity index (χ0n) is 9.76. The molecule has 3 N–H and O–H groups in total. The summed E-state index contributed by atoms with van der Waals surface area (Å²) in [5.41, 5.74) is 0. The number of carbonyl (C=O) groups is 2. The first kappa shape index (κ1) is 12.8. The van der Waals surface area contributed by atoms with Gasteiger partial charge in [-0.3, -0.25) is 4.79 Å². The third kappa shape index (κ3) is 3.43. The molecule has 0 spiro atoms.